The van der Waals surface area contributed by atoms with E-state index in [1.165, 1.54) is 19.2 Å². The smallest absolute Gasteiger partial charge is 0.194 e. The minimum atomic E-state index is 0.495. The summed E-state index contributed by atoms with van der Waals surface area (Å²) in [5, 5.41) is 0. The lowest BCUT2D eigenvalue weighted by molar-refractivity contribution is 0.700. The molecule has 0 saturated carbocycles. The van der Waals surface area contributed by atoms with Crippen LogP contribution in [0.3, 0.4) is 0 Å². The second-order valence-corrected chi connectivity index (χ2v) is 3.81. The van der Waals surface area contributed by atoms with Crippen LogP contribution in [0.15, 0.2) is 10.7 Å². The normalized spacial score (nSPS) is 10.8. The third kappa shape index (κ3) is 2.21. The highest BCUT2D eigenvalue weighted by Crippen LogP contribution is 2.19. The SMILES string of the molecule is CCCCCc1nc2ncnc(N=S)c2[nH]1. The van der Waals surface area contributed by atoms with Gasteiger partial charge in [-0.2, -0.15) is 4.36 Å². The van der Waals surface area contributed by atoms with Gasteiger partial charge in [0, 0.05) is 18.8 Å². The predicted octanol–water partition coefficient (Wildman–Crippen LogP) is 2.45. The molecule has 84 valence electrons. The largest absolute Gasteiger partial charge is 0.337 e. The summed E-state index contributed by atoms with van der Waals surface area (Å²) >= 11 is 4.65. The first-order valence-corrected chi connectivity index (χ1v) is 5.74. The van der Waals surface area contributed by atoms with Crippen LogP contribution in [0.2, 0.25) is 0 Å². The number of aryl methyl sites for hydroxylation is 1. The van der Waals surface area contributed by atoms with E-state index in [0.29, 0.717) is 11.5 Å². The zero-order chi connectivity index (χ0) is 11.4. The van der Waals surface area contributed by atoms with E-state index in [2.05, 4.69) is 43.6 Å². The van der Waals surface area contributed by atoms with Gasteiger partial charge in [-0.05, 0) is 6.42 Å². The number of nitrogens with one attached hydrogen (secondary N) is 1. The Morgan fingerprint density at radius 3 is 3.00 bits per heavy atom. The molecular weight excluding hydrogens is 222 g/mol. The third-order valence-corrected chi connectivity index (χ3v) is 2.59. The Labute approximate surface area is 98.9 Å². The highest BCUT2D eigenvalue weighted by atomic mass is 32.1. The Balaban J connectivity index is 2.25. The lowest BCUT2D eigenvalue weighted by Gasteiger charge is -1.93. The molecule has 0 aliphatic heterocycles. The lowest BCUT2D eigenvalue weighted by Crippen LogP contribution is -1.87. The first kappa shape index (κ1) is 11.1. The topological polar surface area (TPSA) is 66.8 Å². The molecule has 0 aliphatic carbocycles. The lowest BCUT2D eigenvalue weighted by atomic mass is 10.2. The van der Waals surface area contributed by atoms with Crippen LogP contribution in [-0.4, -0.2) is 19.9 Å². The first-order chi connectivity index (χ1) is 7.85. The van der Waals surface area contributed by atoms with E-state index in [1.54, 1.807) is 0 Å². The molecule has 2 aromatic heterocycles. The molecule has 0 spiro atoms. The van der Waals surface area contributed by atoms with Crippen molar-refractivity contribution in [3.05, 3.63) is 12.2 Å². The minimum Gasteiger partial charge on any atom is -0.337 e. The van der Waals surface area contributed by atoms with Crippen LogP contribution in [0.4, 0.5) is 5.82 Å². The van der Waals surface area contributed by atoms with Gasteiger partial charge in [0.25, 0.3) is 0 Å². The zero-order valence-electron chi connectivity index (χ0n) is 9.10. The summed E-state index contributed by atoms with van der Waals surface area (Å²) in [6, 6.07) is 0. The van der Waals surface area contributed by atoms with E-state index in [0.717, 1.165) is 24.2 Å². The second-order valence-electron chi connectivity index (χ2n) is 3.63. The fraction of sp³-hybridized carbons (Fsp3) is 0.500. The molecule has 0 atom stereocenters. The van der Waals surface area contributed by atoms with Crippen LogP contribution in [0.5, 0.6) is 0 Å². The molecule has 0 fully saturated rings. The molecule has 2 heterocycles. The maximum atomic E-state index is 4.65. The number of fused-ring (bicyclic) bond motifs is 1. The van der Waals surface area contributed by atoms with E-state index in [1.807, 2.05) is 0 Å². The molecule has 0 bridgehead atoms. The second kappa shape index (κ2) is 5.07. The number of aromatic nitrogens is 4. The van der Waals surface area contributed by atoms with Crippen LogP contribution < -0.4 is 0 Å². The predicted molar refractivity (Wildman–Crippen MR) is 64.4 cm³/mol. The van der Waals surface area contributed by atoms with Gasteiger partial charge in [0.1, 0.15) is 17.7 Å². The molecule has 2 rings (SSSR count). The number of hydrogen-bond donors (Lipinski definition) is 1. The zero-order valence-corrected chi connectivity index (χ0v) is 9.92. The summed E-state index contributed by atoms with van der Waals surface area (Å²) in [7, 11) is 0. The maximum Gasteiger partial charge on any atom is 0.194 e. The first-order valence-electron chi connectivity index (χ1n) is 5.38. The van der Waals surface area contributed by atoms with E-state index in [-0.39, 0.29) is 0 Å². The fourth-order valence-electron chi connectivity index (χ4n) is 1.59. The number of unbranched alkanes of at least 4 members (excludes halogenated alkanes) is 2. The van der Waals surface area contributed by atoms with Crippen molar-refractivity contribution in [2.24, 2.45) is 4.36 Å². The molecule has 0 unspecified atom stereocenters. The van der Waals surface area contributed by atoms with Crippen molar-refractivity contribution in [3.63, 3.8) is 0 Å². The van der Waals surface area contributed by atoms with Crippen molar-refractivity contribution in [3.8, 4) is 0 Å². The monoisotopic (exact) mass is 235 g/mol. The van der Waals surface area contributed by atoms with Crippen molar-refractivity contribution >= 4 is 29.4 Å². The summed E-state index contributed by atoms with van der Waals surface area (Å²) in [5.41, 5.74) is 1.38. The number of rotatable bonds is 5. The summed E-state index contributed by atoms with van der Waals surface area (Å²) in [6.45, 7) is 2.18. The minimum absolute atomic E-state index is 0.495. The molecule has 1 N–H and O–H groups in total. The molecule has 0 amide bonds. The van der Waals surface area contributed by atoms with Crippen LogP contribution in [0, 0.1) is 0 Å². The molecule has 0 saturated heterocycles. The molecule has 0 radical (unpaired) electrons. The number of hydrogen-bond acceptors (Lipinski definition) is 5. The molecule has 0 aromatic carbocycles. The Bertz CT molecular complexity index is 493. The van der Waals surface area contributed by atoms with E-state index < -0.39 is 0 Å². The van der Waals surface area contributed by atoms with Crippen molar-refractivity contribution < 1.29 is 0 Å². The molecule has 5 nitrogen and oxygen atoms in total. The van der Waals surface area contributed by atoms with E-state index in [9.17, 15) is 0 Å². The average molecular weight is 235 g/mol. The maximum absolute atomic E-state index is 4.65. The van der Waals surface area contributed by atoms with Crippen LogP contribution in [-0.2, 0) is 18.8 Å². The van der Waals surface area contributed by atoms with Gasteiger partial charge >= 0.3 is 0 Å². The van der Waals surface area contributed by atoms with Gasteiger partial charge in [0.2, 0.25) is 0 Å². The van der Waals surface area contributed by atoms with Gasteiger partial charge < -0.3 is 4.98 Å². The standard InChI is InChI=1S/C10H13N5S/c1-2-3-4-5-7-13-8-9(14-7)11-6-12-10(8)15-16/h6H,2-5H2,1H3,(H,11,12,13,14). The average Bonchev–Trinajstić information content (AvgIpc) is 2.71. The summed E-state index contributed by atoms with van der Waals surface area (Å²) in [6.07, 6.45) is 5.91. The quantitative estimate of drug-likeness (QED) is 0.808. The molecule has 0 aliphatic rings. The third-order valence-electron chi connectivity index (χ3n) is 2.42. The highest BCUT2D eigenvalue weighted by Gasteiger charge is 2.08. The van der Waals surface area contributed by atoms with Crippen molar-refractivity contribution in [1.29, 1.82) is 0 Å². The Hall–Kier alpha value is -1.43. The Morgan fingerprint density at radius 1 is 1.38 bits per heavy atom. The Morgan fingerprint density at radius 2 is 2.25 bits per heavy atom. The van der Waals surface area contributed by atoms with Crippen molar-refractivity contribution in [2.75, 3.05) is 0 Å². The molecule has 6 heteroatoms. The van der Waals surface area contributed by atoms with Gasteiger partial charge in [-0.3, -0.25) is 0 Å². The van der Waals surface area contributed by atoms with Crippen LogP contribution in [0.25, 0.3) is 11.2 Å². The Kier molecular flexibility index (Phi) is 3.51. The van der Waals surface area contributed by atoms with Crippen molar-refractivity contribution in [1.82, 2.24) is 19.9 Å². The number of nitrogens with zero attached hydrogens (tertiary/aromatic N) is 4. The van der Waals surface area contributed by atoms with Gasteiger partial charge in [-0.15, -0.1) is 0 Å². The fourth-order valence-corrected chi connectivity index (χ4v) is 1.73. The summed E-state index contributed by atoms with van der Waals surface area (Å²) in [4.78, 5) is 15.6. The van der Waals surface area contributed by atoms with E-state index >= 15 is 0 Å². The van der Waals surface area contributed by atoms with E-state index in [4.69, 9.17) is 0 Å². The summed E-state index contributed by atoms with van der Waals surface area (Å²) < 4.78 is 3.67. The number of aromatic amines is 1. The molecule has 16 heavy (non-hydrogen) atoms. The number of imidazole rings is 1. The van der Waals surface area contributed by atoms with Gasteiger partial charge in [-0.25, -0.2) is 15.0 Å². The van der Waals surface area contributed by atoms with Crippen molar-refractivity contribution in [2.45, 2.75) is 32.6 Å². The van der Waals surface area contributed by atoms with Gasteiger partial charge in [0.05, 0.1) is 0 Å². The molecule has 2 aromatic rings. The van der Waals surface area contributed by atoms with Gasteiger partial charge in [-0.1, -0.05) is 19.8 Å². The molecular formula is C10H13N5S. The van der Waals surface area contributed by atoms with Crippen LogP contribution in [0.1, 0.15) is 32.0 Å². The highest BCUT2D eigenvalue weighted by molar-refractivity contribution is 7.47. The van der Waals surface area contributed by atoms with Crippen LogP contribution >= 0.6 is 0 Å². The van der Waals surface area contributed by atoms with Gasteiger partial charge in [0.15, 0.2) is 11.5 Å². The summed E-state index contributed by atoms with van der Waals surface area (Å²) in [5.74, 6) is 1.43. The number of H-pyrrole nitrogens is 1.